The molecule has 1 aromatic rings. The predicted octanol–water partition coefficient (Wildman–Crippen LogP) is 2.35. The van der Waals surface area contributed by atoms with Crippen LogP contribution in [0.2, 0.25) is 0 Å². The minimum absolute atomic E-state index is 0.876. The number of hydrogen-bond acceptors (Lipinski definition) is 3. The maximum atomic E-state index is 4.52. The van der Waals surface area contributed by atoms with E-state index in [0.717, 1.165) is 49.1 Å². The van der Waals surface area contributed by atoms with Gasteiger partial charge in [-0.05, 0) is 20.3 Å². The van der Waals surface area contributed by atoms with Crippen LogP contribution >= 0.6 is 11.3 Å². The van der Waals surface area contributed by atoms with Gasteiger partial charge in [0.2, 0.25) is 0 Å². The zero-order valence-corrected chi connectivity index (χ0v) is 12.4. The first-order valence-corrected chi connectivity index (χ1v) is 7.57. The Kier molecular flexibility index (Phi) is 7.41. The van der Waals surface area contributed by atoms with E-state index in [2.05, 4.69) is 39.8 Å². The highest BCUT2D eigenvalue weighted by Crippen LogP contribution is 2.07. The summed E-state index contributed by atoms with van der Waals surface area (Å²) in [4.78, 5) is 8.96. The van der Waals surface area contributed by atoms with Crippen molar-refractivity contribution in [2.75, 3.05) is 19.6 Å². The van der Waals surface area contributed by atoms with Crippen molar-refractivity contribution in [1.82, 2.24) is 15.6 Å². The maximum absolute atomic E-state index is 4.52. The number of thiazole rings is 1. The zero-order valence-electron chi connectivity index (χ0n) is 11.6. The Balaban J connectivity index is 2.30. The van der Waals surface area contributed by atoms with E-state index in [-0.39, 0.29) is 0 Å². The Hall–Kier alpha value is -1.10. The average molecular weight is 268 g/mol. The lowest BCUT2D eigenvalue weighted by Gasteiger charge is -2.10. The fourth-order valence-electron chi connectivity index (χ4n) is 1.52. The van der Waals surface area contributed by atoms with Crippen molar-refractivity contribution < 1.29 is 0 Å². The Labute approximate surface area is 114 Å². The molecule has 1 heterocycles. The topological polar surface area (TPSA) is 49.3 Å². The molecule has 0 amide bonds. The number of aromatic nitrogens is 1. The molecule has 0 saturated heterocycles. The van der Waals surface area contributed by atoms with Crippen LogP contribution in [0.25, 0.3) is 0 Å². The minimum Gasteiger partial charge on any atom is -0.357 e. The summed E-state index contributed by atoms with van der Waals surface area (Å²) < 4.78 is 0. The van der Waals surface area contributed by atoms with Crippen LogP contribution in [0.15, 0.2) is 10.4 Å². The lowest BCUT2D eigenvalue weighted by atomic mass is 10.3. The van der Waals surface area contributed by atoms with Gasteiger partial charge >= 0.3 is 0 Å². The van der Waals surface area contributed by atoms with E-state index in [0.29, 0.717) is 0 Å². The van der Waals surface area contributed by atoms with Gasteiger partial charge in [-0.25, -0.2) is 4.98 Å². The molecule has 0 fully saturated rings. The first-order valence-electron chi connectivity index (χ1n) is 6.69. The van der Waals surface area contributed by atoms with Gasteiger partial charge in [0.1, 0.15) is 0 Å². The SMILES string of the molecule is CCCCN=C(NCC)NCCc1csc(C)n1. The number of unbranched alkanes of at least 4 members (excludes halogenated alkanes) is 1. The van der Waals surface area contributed by atoms with Crippen molar-refractivity contribution in [3.05, 3.63) is 16.1 Å². The average Bonchev–Trinajstić information content (AvgIpc) is 2.75. The van der Waals surface area contributed by atoms with Crippen molar-refractivity contribution >= 4 is 17.3 Å². The summed E-state index contributed by atoms with van der Waals surface area (Å²) in [5.74, 6) is 0.915. The van der Waals surface area contributed by atoms with Gasteiger partial charge in [0.05, 0.1) is 10.7 Å². The van der Waals surface area contributed by atoms with Gasteiger partial charge in [-0.3, -0.25) is 4.99 Å². The molecule has 1 rings (SSSR count). The molecule has 5 heteroatoms. The number of aryl methyl sites for hydroxylation is 1. The Morgan fingerprint density at radius 1 is 1.39 bits per heavy atom. The van der Waals surface area contributed by atoms with Crippen molar-refractivity contribution in [3.63, 3.8) is 0 Å². The summed E-state index contributed by atoms with van der Waals surface area (Å²) in [6.07, 6.45) is 3.27. The molecule has 0 aliphatic carbocycles. The van der Waals surface area contributed by atoms with Crippen LogP contribution in [-0.4, -0.2) is 30.6 Å². The summed E-state index contributed by atoms with van der Waals surface area (Å²) >= 11 is 1.71. The van der Waals surface area contributed by atoms with Gasteiger partial charge in [0.15, 0.2) is 5.96 Å². The smallest absolute Gasteiger partial charge is 0.191 e. The molecular formula is C13H24N4S. The third-order valence-electron chi connectivity index (χ3n) is 2.47. The van der Waals surface area contributed by atoms with Gasteiger partial charge in [-0.15, -0.1) is 11.3 Å². The molecule has 102 valence electrons. The first kappa shape index (κ1) is 15.0. The van der Waals surface area contributed by atoms with Crippen molar-refractivity contribution in [2.24, 2.45) is 4.99 Å². The van der Waals surface area contributed by atoms with Gasteiger partial charge in [0, 0.05) is 31.4 Å². The van der Waals surface area contributed by atoms with Crippen LogP contribution in [0.1, 0.15) is 37.4 Å². The summed E-state index contributed by atoms with van der Waals surface area (Å²) in [6, 6.07) is 0. The largest absolute Gasteiger partial charge is 0.357 e. The van der Waals surface area contributed by atoms with Crippen LogP contribution in [0.3, 0.4) is 0 Å². The van der Waals surface area contributed by atoms with E-state index >= 15 is 0 Å². The van der Waals surface area contributed by atoms with Gasteiger partial charge in [-0.2, -0.15) is 0 Å². The van der Waals surface area contributed by atoms with Crippen LogP contribution in [0.4, 0.5) is 0 Å². The molecule has 4 nitrogen and oxygen atoms in total. The zero-order chi connectivity index (χ0) is 13.2. The van der Waals surface area contributed by atoms with Crippen LogP contribution < -0.4 is 10.6 Å². The highest BCUT2D eigenvalue weighted by atomic mass is 32.1. The number of rotatable bonds is 7. The van der Waals surface area contributed by atoms with E-state index < -0.39 is 0 Å². The number of guanidine groups is 1. The summed E-state index contributed by atoms with van der Waals surface area (Å²) in [7, 11) is 0. The third-order valence-corrected chi connectivity index (χ3v) is 3.29. The summed E-state index contributed by atoms with van der Waals surface area (Å²) in [5.41, 5.74) is 1.16. The molecular weight excluding hydrogens is 244 g/mol. The molecule has 0 aliphatic heterocycles. The van der Waals surface area contributed by atoms with E-state index in [4.69, 9.17) is 0 Å². The van der Waals surface area contributed by atoms with E-state index in [1.54, 1.807) is 11.3 Å². The van der Waals surface area contributed by atoms with Crippen LogP contribution in [0.5, 0.6) is 0 Å². The number of nitrogens with zero attached hydrogens (tertiary/aromatic N) is 2. The first-order chi connectivity index (χ1) is 8.76. The molecule has 0 aromatic carbocycles. The maximum Gasteiger partial charge on any atom is 0.191 e. The molecule has 2 N–H and O–H groups in total. The van der Waals surface area contributed by atoms with Crippen molar-refractivity contribution in [1.29, 1.82) is 0 Å². The standard InChI is InChI=1S/C13H24N4S/c1-4-6-8-15-13(14-5-2)16-9-7-12-10-18-11(3)17-12/h10H,4-9H2,1-3H3,(H2,14,15,16). The second-order valence-electron chi connectivity index (χ2n) is 4.15. The van der Waals surface area contributed by atoms with Crippen LogP contribution in [0, 0.1) is 6.92 Å². The summed E-state index contributed by atoms with van der Waals surface area (Å²) in [6.45, 7) is 8.97. The highest BCUT2D eigenvalue weighted by molar-refractivity contribution is 7.09. The third kappa shape index (κ3) is 6.00. The van der Waals surface area contributed by atoms with E-state index in [1.165, 1.54) is 6.42 Å². The second kappa shape index (κ2) is 8.91. The fourth-order valence-corrected chi connectivity index (χ4v) is 2.17. The lowest BCUT2D eigenvalue weighted by molar-refractivity contribution is 0.763. The molecule has 0 bridgehead atoms. The molecule has 0 saturated carbocycles. The molecule has 0 atom stereocenters. The normalized spacial score (nSPS) is 11.6. The quantitative estimate of drug-likeness (QED) is 0.453. The van der Waals surface area contributed by atoms with Gasteiger partial charge in [-0.1, -0.05) is 13.3 Å². The minimum atomic E-state index is 0.876. The molecule has 0 spiro atoms. The molecule has 18 heavy (non-hydrogen) atoms. The molecule has 1 aromatic heterocycles. The van der Waals surface area contributed by atoms with E-state index in [9.17, 15) is 0 Å². The Morgan fingerprint density at radius 2 is 2.22 bits per heavy atom. The molecule has 0 radical (unpaired) electrons. The fraction of sp³-hybridized carbons (Fsp3) is 0.692. The van der Waals surface area contributed by atoms with Crippen LogP contribution in [-0.2, 0) is 6.42 Å². The number of hydrogen-bond donors (Lipinski definition) is 2. The molecule has 0 aliphatic rings. The lowest BCUT2D eigenvalue weighted by Crippen LogP contribution is -2.38. The van der Waals surface area contributed by atoms with E-state index in [1.807, 2.05) is 6.92 Å². The predicted molar refractivity (Wildman–Crippen MR) is 79.4 cm³/mol. The highest BCUT2D eigenvalue weighted by Gasteiger charge is 2.00. The van der Waals surface area contributed by atoms with Gasteiger partial charge in [0.25, 0.3) is 0 Å². The van der Waals surface area contributed by atoms with Crippen molar-refractivity contribution in [3.8, 4) is 0 Å². The number of aliphatic imine (C=N–C) groups is 1. The Bertz CT molecular complexity index is 360. The molecule has 0 unspecified atom stereocenters. The number of nitrogens with one attached hydrogen (secondary N) is 2. The van der Waals surface area contributed by atoms with Crippen molar-refractivity contribution in [2.45, 2.75) is 40.0 Å². The van der Waals surface area contributed by atoms with Gasteiger partial charge < -0.3 is 10.6 Å². The Morgan fingerprint density at radius 3 is 2.83 bits per heavy atom. The monoisotopic (exact) mass is 268 g/mol. The summed E-state index contributed by atoms with van der Waals surface area (Å²) in [5, 5.41) is 9.85. The second-order valence-corrected chi connectivity index (χ2v) is 5.21.